The molecule has 33 heavy (non-hydrogen) atoms. The highest BCUT2D eigenvalue weighted by Gasteiger charge is 2.40. The molecular weight excluding hydrogens is 427 g/mol. The predicted molar refractivity (Wildman–Crippen MR) is 119 cm³/mol. The minimum atomic E-state index is -0.603. The normalized spacial score (nSPS) is 20.2. The summed E-state index contributed by atoms with van der Waals surface area (Å²) < 4.78 is 26.2. The van der Waals surface area contributed by atoms with Crippen LogP contribution in [0, 0.1) is 5.82 Å². The smallest absolute Gasteiger partial charge is 0.305 e. The summed E-state index contributed by atoms with van der Waals surface area (Å²) in [6.45, 7) is 3.98. The van der Waals surface area contributed by atoms with Crippen LogP contribution in [0.15, 0.2) is 42.7 Å². The molecule has 0 radical (unpaired) electrons. The highest BCUT2D eigenvalue weighted by Crippen LogP contribution is 2.40. The van der Waals surface area contributed by atoms with Gasteiger partial charge in [0.15, 0.2) is 5.82 Å². The zero-order chi connectivity index (χ0) is 23.4. The molecule has 3 aromatic rings. The lowest BCUT2D eigenvalue weighted by molar-refractivity contribution is -0.149. The Kier molecular flexibility index (Phi) is 6.69. The molecule has 0 spiro atoms. The quantitative estimate of drug-likeness (QED) is 0.521. The number of ether oxygens (including phenoxy) is 2. The van der Waals surface area contributed by atoms with E-state index in [0.717, 1.165) is 24.1 Å². The molecule has 1 amide bonds. The predicted octanol–water partition coefficient (Wildman–Crippen LogP) is 3.79. The van der Waals surface area contributed by atoms with E-state index >= 15 is 0 Å². The van der Waals surface area contributed by atoms with Gasteiger partial charge in [-0.2, -0.15) is 5.10 Å². The zero-order valence-corrected chi connectivity index (χ0v) is 18.7. The zero-order valence-electron chi connectivity index (χ0n) is 18.7. The van der Waals surface area contributed by atoms with Crippen molar-refractivity contribution in [1.82, 2.24) is 14.6 Å². The number of halogens is 1. The Hall–Kier alpha value is -3.33. The molecule has 174 valence electrons. The fourth-order valence-electron chi connectivity index (χ4n) is 4.05. The van der Waals surface area contributed by atoms with Crippen molar-refractivity contribution in [3.05, 3.63) is 59.8 Å². The number of nitrogens with one attached hydrogen (secondary N) is 1. The summed E-state index contributed by atoms with van der Waals surface area (Å²) in [7, 11) is 0. The van der Waals surface area contributed by atoms with E-state index in [-0.39, 0.29) is 36.8 Å². The van der Waals surface area contributed by atoms with Crippen LogP contribution in [-0.4, -0.2) is 39.2 Å². The van der Waals surface area contributed by atoms with Crippen LogP contribution in [0.25, 0.3) is 5.52 Å². The van der Waals surface area contributed by atoms with E-state index in [2.05, 4.69) is 15.4 Å². The van der Waals surface area contributed by atoms with Crippen molar-refractivity contribution in [2.75, 3.05) is 11.9 Å². The van der Waals surface area contributed by atoms with Gasteiger partial charge >= 0.3 is 5.97 Å². The molecule has 1 aromatic carbocycles. The van der Waals surface area contributed by atoms with Gasteiger partial charge < -0.3 is 14.8 Å². The minimum Gasteiger partial charge on any atom is -0.463 e. The molecule has 1 N–H and O–H groups in total. The van der Waals surface area contributed by atoms with E-state index in [0.29, 0.717) is 24.2 Å². The Morgan fingerprint density at radius 1 is 1.27 bits per heavy atom. The minimum absolute atomic E-state index is 0.177. The number of hydrogen-bond donors (Lipinski definition) is 1. The van der Waals surface area contributed by atoms with Crippen molar-refractivity contribution in [3.8, 4) is 0 Å². The van der Waals surface area contributed by atoms with E-state index in [1.165, 1.54) is 18.5 Å². The molecule has 0 saturated carbocycles. The third kappa shape index (κ3) is 5.19. The molecule has 8 nitrogen and oxygen atoms in total. The summed E-state index contributed by atoms with van der Waals surface area (Å²) in [5.41, 5.74) is 1.78. The summed E-state index contributed by atoms with van der Waals surface area (Å²) in [5.74, 6) is -0.323. The number of esters is 1. The topological polar surface area (TPSA) is 94.8 Å². The molecule has 1 saturated heterocycles. The number of aryl methyl sites for hydroxylation is 1. The summed E-state index contributed by atoms with van der Waals surface area (Å²) in [4.78, 5) is 28.2. The first-order chi connectivity index (χ1) is 15.9. The van der Waals surface area contributed by atoms with E-state index in [4.69, 9.17) is 9.47 Å². The number of nitrogens with zero attached hydrogens (tertiary/aromatic N) is 3. The second-order valence-corrected chi connectivity index (χ2v) is 8.34. The lowest BCUT2D eigenvalue weighted by Crippen LogP contribution is -2.27. The fraction of sp³-hybridized carbons (Fsp3) is 0.417. The molecule has 0 bridgehead atoms. The summed E-state index contributed by atoms with van der Waals surface area (Å²) in [5, 5.41) is 7.21. The molecule has 9 heteroatoms. The second-order valence-electron chi connectivity index (χ2n) is 8.34. The Balaban J connectivity index is 1.43. The molecular formula is C24H27FN4O4. The highest BCUT2D eigenvalue weighted by molar-refractivity contribution is 5.93. The van der Waals surface area contributed by atoms with Crippen LogP contribution >= 0.6 is 0 Å². The van der Waals surface area contributed by atoms with Crippen LogP contribution in [0.4, 0.5) is 10.2 Å². The lowest BCUT2D eigenvalue weighted by atomic mass is 9.98. The Morgan fingerprint density at radius 3 is 2.82 bits per heavy atom. The van der Waals surface area contributed by atoms with Gasteiger partial charge in [0, 0.05) is 12.8 Å². The molecule has 2 aromatic heterocycles. The van der Waals surface area contributed by atoms with Crippen molar-refractivity contribution >= 4 is 23.2 Å². The number of aromatic nitrogens is 3. The summed E-state index contributed by atoms with van der Waals surface area (Å²) in [6, 6.07) is 9.87. The van der Waals surface area contributed by atoms with Crippen molar-refractivity contribution in [2.24, 2.45) is 0 Å². The Morgan fingerprint density at radius 2 is 2.06 bits per heavy atom. The Labute approximate surface area is 191 Å². The maximum Gasteiger partial charge on any atom is 0.305 e. The largest absolute Gasteiger partial charge is 0.463 e. The van der Waals surface area contributed by atoms with Crippen molar-refractivity contribution < 1.29 is 23.5 Å². The van der Waals surface area contributed by atoms with Gasteiger partial charge in [0.05, 0.1) is 11.8 Å². The third-order valence-electron chi connectivity index (χ3n) is 5.89. The maximum absolute atomic E-state index is 13.0. The third-order valence-corrected chi connectivity index (χ3v) is 5.89. The van der Waals surface area contributed by atoms with Gasteiger partial charge in [0.2, 0.25) is 5.91 Å². The van der Waals surface area contributed by atoms with E-state index in [9.17, 15) is 14.0 Å². The number of rotatable bonds is 8. The molecule has 1 unspecified atom stereocenters. The Bertz CT molecular complexity index is 1150. The lowest BCUT2D eigenvalue weighted by Gasteiger charge is -2.24. The van der Waals surface area contributed by atoms with Gasteiger partial charge in [0.1, 0.15) is 29.9 Å². The molecule has 1 aliphatic heterocycles. The van der Waals surface area contributed by atoms with Gasteiger partial charge in [-0.25, -0.2) is 13.9 Å². The molecule has 1 fully saturated rings. The van der Waals surface area contributed by atoms with E-state index in [1.54, 1.807) is 23.6 Å². The molecule has 3 heterocycles. The highest BCUT2D eigenvalue weighted by atomic mass is 19.1. The van der Waals surface area contributed by atoms with Gasteiger partial charge in [0.25, 0.3) is 0 Å². The van der Waals surface area contributed by atoms with Crippen molar-refractivity contribution in [3.63, 3.8) is 0 Å². The molecule has 2 atom stereocenters. The number of anilines is 1. The maximum atomic E-state index is 13.0. The van der Waals surface area contributed by atoms with Crippen LogP contribution in [0.1, 0.15) is 50.8 Å². The first-order valence-corrected chi connectivity index (χ1v) is 11.1. The first kappa shape index (κ1) is 22.8. The average Bonchev–Trinajstić information content (AvgIpc) is 3.42. The number of carbonyl (C=O) groups excluding carboxylic acids is 2. The van der Waals surface area contributed by atoms with E-state index in [1.807, 2.05) is 19.1 Å². The van der Waals surface area contributed by atoms with Crippen LogP contribution in [0.2, 0.25) is 0 Å². The standard InChI is InChI=1S/C24H27FN4O4/c1-3-22(31)32-14-18-12-13-24(2,33-18)20-10-9-19-23(26-15-27-29(19)20)28-21(30)11-6-16-4-7-17(25)8-5-16/h4-5,7-10,15,18H,3,6,11-14H2,1-2H3,(H,26,27,28,30)/t18?,24-/m1/s1. The van der Waals surface area contributed by atoms with Crippen molar-refractivity contribution in [2.45, 2.75) is 57.7 Å². The van der Waals surface area contributed by atoms with Crippen molar-refractivity contribution in [1.29, 1.82) is 0 Å². The van der Waals surface area contributed by atoms with Crippen LogP contribution in [0.5, 0.6) is 0 Å². The van der Waals surface area contributed by atoms with Gasteiger partial charge in [-0.15, -0.1) is 0 Å². The molecule has 1 aliphatic rings. The number of carbonyl (C=O) groups is 2. The SMILES string of the molecule is CCC(=O)OCC1CC[C@](C)(c2ccc3c(NC(=O)CCc4ccc(F)cc4)ncnn23)O1. The van der Waals surface area contributed by atoms with Gasteiger partial charge in [-0.1, -0.05) is 19.1 Å². The summed E-state index contributed by atoms with van der Waals surface area (Å²) >= 11 is 0. The molecule has 0 aliphatic carbocycles. The average molecular weight is 455 g/mol. The fourth-order valence-corrected chi connectivity index (χ4v) is 4.05. The monoisotopic (exact) mass is 454 g/mol. The molecule has 4 rings (SSSR count). The first-order valence-electron chi connectivity index (χ1n) is 11.1. The number of amides is 1. The number of fused-ring (bicyclic) bond motifs is 1. The number of hydrogen-bond acceptors (Lipinski definition) is 6. The second kappa shape index (κ2) is 9.66. The van der Waals surface area contributed by atoms with Crippen LogP contribution in [0.3, 0.4) is 0 Å². The van der Waals surface area contributed by atoms with Crippen LogP contribution in [-0.2, 0) is 31.1 Å². The van der Waals surface area contributed by atoms with E-state index < -0.39 is 5.60 Å². The summed E-state index contributed by atoms with van der Waals surface area (Å²) in [6.07, 6.45) is 3.80. The van der Waals surface area contributed by atoms with Crippen LogP contribution < -0.4 is 5.32 Å². The van der Waals surface area contributed by atoms with Gasteiger partial charge in [-0.3, -0.25) is 9.59 Å². The van der Waals surface area contributed by atoms with Gasteiger partial charge in [-0.05, 0) is 56.0 Å². The number of benzene rings is 1.